The van der Waals surface area contributed by atoms with E-state index in [0.29, 0.717) is 11.7 Å². The van der Waals surface area contributed by atoms with Crippen LogP contribution in [0.4, 0.5) is 5.69 Å². The molecule has 0 unspecified atom stereocenters. The van der Waals surface area contributed by atoms with Gasteiger partial charge in [-0.1, -0.05) is 54.6 Å². The number of aromatic hydroxyl groups is 1. The predicted molar refractivity (Wildman–Crippen MR) is 166 cm³/mol. The number of phenols is 1. The summed E-state index contributed by atoms with van der Waals surface area (Å²) in [6.07, 6.45) is 2.04. The lowest BCUT2D eigenvalue weighted by Gasteiger charge is -2.28. The third kappa shape index (κ3) is 5.02. The summed E-state index contributed by atoms with van der Waals surface area (Å²) in [5.41, 5.74) is 5.43. The first-order chi connectivity index (χ1) is 19.9. The van der Waals surface area contributed by atoms with Gasteiger partial charge >= 0.3 is 0 Å². The standard InChI is InChI=1S/C33H31N5O2S/c1-21-20-25(22(2)38(21)28-15-5-6-16-29(28)39)32-31(27-13-7-8-18-34-27)36-33(41)37(32)19-17-30(40)35-26-14-9-11-23-10-3-4-12-24(23)26/h3-16,18,20,31-32,39H,17,19H2,1-2H3,(H,35,40)(H,36,41)/t31-,32+/m0/s1. The summed E-state index contributed by atoms with van der Waals surface area (Å²) in [6, 6.07) is 28.8. The highest BCUT2D eigenvalue weighted by molar-refractivity contribution is 7.80. The molecule has 1 fully saturated rings. The number of nitrogens with zero attached hydrogens (tertiary/aromatic N) is 3. The van der Waals surface area contributed by atoms with Crippen LogP contribution in [0.1, 0.15) is 41.1 Å². The molecule has 0 spiro atoms. The van der Waals surface area contributed by atoms with E-state index in [9.17, 15) is 9.90 Å². The van der Waals surface area contributed by atoms with Gasteiger partial charge in [0, 0.05) is 41.6 Å². The Bertz CT molecular complexity index is 1740. The van der Waals surface area contributed by atoms with Crippen molar-refractivity contribution in [2.45, 2.75) is 32.4 Å². The Morgan fingerprint density at radius 3 is 2.56 bits per heavy atom. The molecule has 7 nitrogen and oxygen atoms in total. The molecule has 1 aliphatic heterocycles. The number of aryl methyl sites for hydroxylation is 1. The number of hydrogen-bond acceptors (Lipinski definition) is 4. The molecule has 6 rings (SSSR count). The lowest BCUT2D eigenvalue weighted by atomic mass is 9.96. The number of carbonyl (C=O) groups is 1. The number of aromatic nitrogens is 2. The molecule has 2 aromatic heterocycles. The summed E-state index contributed by atoms with van der Waals surface area (Å²) in [7, 11) is 0. The van der Waals surface area contributed by atoms with Gasteiger partial charge in [-0.05, 0) is 73.4 Å². The van der Waals surface area contributed by atoms with E-state index in [1.807, 2.05) is 85.8 Å². The molecule has 206 valence electrons. The van der Waals surface area contributed by atoms with E-state index in [1.54, 1.807) is 12.3 Å². The number of carbonyl (C=O) groups excluding carboxylic acids is 1. The molecule has 1 aliphatic rings. The van der Waals surface area contributed by atoms with Crippen LogP contribution in [0.3, 0.4) is 0 Å². The first-order valence-corrected chi connectivity index (χ1v) is 14.1. The lowest BCUT2D eigenvalue weighted by molar-refractivity contribution is -0.116. The second-order valence-electron chi connectivity index (χ2n) is 10.3. The molecule has 3 heterocycles. The molecule has 2 atom stereocenters. The molecule has 3 N–H and O–H groups in total. The van der Waals surface area contributed by atoms with Crippen molar-refractivity contribution in [3.8, 4) is 11.4 Å². The van der Waals surface area contributed by atoms with Crippen molar-refractivity contribution in [3.05, 3.63) is 120 Å². The van der Waals surface area contributed by atoms with Gasteiger partial charge in [-0.3, -0.25) is 9.78 Å². The third-order valence-electron chi connectivity index (χ3n) is 7.75. The van der Waals surface area contributed by atoms with E-state index in [4.69, 9.17) is 12.2 Å². The molecule has 3 aromatic carbocycles. The monoisotopic (exact) mass is 561 g/mol. The smallest absolute Gasteiger partial charge is 0.226 e. The predicted octanol–water partition coefficient (Wildman–Crippen LogP) is 6.35. The molecule has 0 radical (unpaired) electrons. The number of para-hydroxylation sites is 2. The van der Waals surface area contributed by atoms with Gasteiger partial charge in [-0.15, -0.1) is 0 Å². The first kappa shape index (κ1) is 26.5. The minimum atomic E-state index is -0.205. The molecular weight excluding hydrogens is 530 g/mol. The third-order valence-corrected chi connectivity index (χ3v) is 8.11. The largest absolute Gasteiger partial charge is 0.506 e. The Kier molecular flexibility index (Phi) is 7.15. The Morgan fingerprint density at radius 1 is 1.00 bits per heavy atom. The number of amides is 1. The molecule has 5 aromatic rings. The number of phenolic OH excluding ortho intramolecular Hbond substituents is 1. The number of fused-ring (bicyclic) bond motifs is 1. The molecular formula is C33H31N5O2S. The number of benzene rings is 3. The Balaban J connectivity index is 1.32. The molecule has 1 saturated heterocycles. The molecule has 0 saturated carbocycles. The lowest BCUT2D eigenvalue weighted by Crippen LogP contribution is -2.33. The minimum absolute atomic E-state index is 0.0798. The van der Waals surface area contributed by atoms with Gasteiger partial charge in [-0.25, -0.2) is 0 Å². The van der Waals surface area contributed by atoms with E-state index in [0.717, 1.165) is 44.8 Å². The average Bonchev–Trinajstić information content (AvgIpc) is 3.47. The first-order valence-electron chi connectivity index (χ1n) is 13.7. The molecule has 8 heteroatoms. The second-order valence-corrected chi connectivity index (χ2v) is 10.7. The van der Waals surface area contributed by atoms with Crippen LogP contribution in [-0.4, -0.2) is 37.1 Å². The maximum Gasteiger partial charge on any atom is 0.226 e. The van der Waals surface area contributed by atoms with E-state index in [1.165, 1.54) is 0 Å². The summed E-state index contributed by atoms with van der Waals surface area (Å²) in [4.78, 5) is 19.9. The molecule has 1 amide bonds. The Hall–Kier alpha value is -4.69. The second kappa shape index (κ2) is 11.1. The summed E-state index contributed by atoms with van der Waals surface area (Å²) in [5, 5.41) is 19.9. The summed E-state index contributed by atoms with van der Waals surface area (Å²) in [5.74, 6) is 0.132. The highest BCUT2D eigenvalue weighted by atomic mass is 32.1. The molecule has 0 aliphatic carbocycles. The van der Waals surface area contributed by atoms with Crippen LogP contribution in [0.25, 0.3) is 16.5 Å². The van der Waals surface area contributed by atoms with Crippen molar-refractivity contribution in [1.82, 2.24) is 19.8 Å². The molecule has 0 bridgehead atoms. The van der Waals surface area contributed by atoms with Gasteiger partial charge in [0.1, 0.15) is 5.75 Å². The van der Waals surface area contributed by atoms with E-state index in [2.05, 4.69) is 38.1 Å². The van der Waals surface area contributed by atoms with Crippen LogP contribution in [0.15, 0.2) is 97.2 Å². The SMILES string of the molecule is Cc1cc([C@@H]2[C@H](c3ccccn3)NC(=S)N2CCC(=O)Nc2cccc3ccccc23)c(C)n1-c1ccccc1O. The number of nitrogens with one attached hydrogen (secondary N) is 2. The maximum absolute atomic E-state index is 13.2. The quantitative estimate of drug-likeness (QED) is 0.201. The van der Waals surface area contributed by atoms with Crippen molar-refractivity contribution in [2.75, 3.05) is 11.9 Å². The zero-order valence-electron chi connectivity index (χ0n) is 22.9. The average molecular weight is 562 g/mol. The maximum atomic E-state index is 13.2. The van der Waals surface area contributed by atoms with Gasteiger partial charge in [0.25, 0.3) is 0 Å². The number of thiocarbonyl (C=S) groups is 1. The topological polar surface area (TPSA) is 82.4 Å². The van der Waals surface area contributed by atoms with Crippen molar-refractivity contribution in [1.29, 1.82) is 0 Å². The molecule has 41 heavy (non-hydrogen) atoms. The van der Waals surface area contributed by atoms with Gasteiger partial charge in [-0.2, -0.15) is 0 Å². The van der Waals surface area contributed by atoms with Crippen LogP contribution in [-0.2, 0) is 4.79 Å². The fourth-order valence-corrected chi connectivity index (χ4v) is 6.20. The van der Waals surface area contributed by atoms with Crippen LogP contribution < -0.4 is 10.6 Å². The highest BCUT2D eigenvalue weighted by Gasteiger charge is 2.41. The van der Waals surface area contributed by atoms with Crippen LogP contribution in [0.2, 0.25) is 0 Å². The van der Waals surface area contributed by atoms with Gasteiger partial charge in [0.15, 0.2) is 5.11 Å². The summed E-state index contributed by atoms with van der Waals surface area (Å²) in [6.45, 7) is 4.51. The Labute approximate surface area is 244 Å². The zero-order chi connectivity index (χ0) is 28.5. The van der Waals surface area contributed by atoms with Gasteiger partial charge in [0.05, 0.1) is 23.5 Å². The van der Waals surface area contributed by atoms with Gasteiger partial charge < -0.3 is 25.2 Å². The summed E-state index contributed by atoms with van der Waals surface area (Å²) < 4.78 is 2.06. The normalized spacial score (nSPS) is 16.6. The fourth-order valence-electron chi connectivity index (χ4n) is 5.86. The van der Waals surface area contributed by atoms with Gasteiger partial charge in [0.2, 0.25) is 5.91 Å². The summed E-state index contributed by atoms with van der Waals surface area (Å²) >= 11 is 5.85. The highest BCUT2D eigenvalue weighted by Crippen LogP contribution is 2.42. The number of pyridine rings is 1. The number of hydrogen-bond donors (Lipinski definition) is 3. The van der Waals surface area contributed by atoms with Crippen molar-refractivity contribution >= 4 is 39.7 Å². The van der Waals surface area contributed by atoms with Crippen LogP contribution in [0, 0.1) is 13.8 Å². The van der Waals surface area contributed by atoms with Crippen molar-refractivity contribution in [2.24, 2.45) is 0 Å². The van der Waals surface area contributed by atoms with Crippen LogP contribution in [0.5, 0.6) is 5.75 Å². The van der Waals surface area contributed by atoms with Crippen molar-refractivity contribution in [3.63, 3.8) is 0 Å². The number of rotatable bonds is 7. The van der Waals surface area contributed by atoms with E-state index < -0.39 is 0 Å². The van der Waals surface area contributed by atoms with E-state index in [-0.39, 0.29) is 30.2 Å². The van der Waals surface area contributed by atoms with E-state index >= 15 is 0 Å². The van der Waals surface area contributed by atoms with Crippen molar-refractivity contribution < 1.29 is 9.90 Å². The zero-order valence-corrected chi connectivity index (χ0v) is 23.7. The number of anilines is 1. The minimum Gasteiger partial charge on any atom is -0.506 e. The fraction of sp³-hybridized carbons (Fsp3) is 0.182. The Morgan fingerprint density at radius 2 is 1.76 bits per heavy atom. The van der Waals surface area contributed by atoms with Crippen LogP contribution >= 0.6 is 12.2 Å².